The molecule has 1 aromatic heterocycles. The molecule has 0 saturated heterocycles. The van der Waals surface area contributed by atoms with Crippen LogP contribution in [0, 0.1) is 0 Å². The molecule has 0 amide bonds. The van der Waals surface area contributed by atoms with Crippen LogP contribution < -0.4 is 0 Å². The van der Waals surface area contributed by atoms with Crippen molar-refractivity contribution in [3.8, 4) is 0 Å². The second-order valence-electron chi connectivity index (χ2n) is 4.19. The minimum atomic E-state index is 0.706. The highest BCUT2D eigenvalue weighted by molar-refractivity contribution is 6.34. The summed E-state index contributed by atoms with van der Waals surface area (Å²) in [7, 11) is 0. The fourth-order valence-electron chi connectivity index (χ4n) is 2.01. The van der Waals surface area contributed by atoms with Gasteiger partial charge in [-0.1, -0.05) is 49.9 Å². The summed E-state index contributed by atoms with van der Waals surface area (Å²) in [4.78, 5) is 0. The summed E-state index contributed by atoms with van der Waals surface area (Å²) in [5.74, 6) is 0. The molecule has 0 saturated carbocycles. The number of benzene rings is 1. The lowest BCUT2D eigenvalue weighted by Gasteiger charge is -1.98. The molecule has 0 aliphatic heterocycles. The number of hydrogen-bond acceptors (Lipinski definition) is 1. The van der Waals surface area contributed by atoms with Gasteiger partial charge in [-0.3, -0.25) is 0 Å². The third kappa shape index (κ3) is 2.41. The van der Waals surface area contributed by atoms with Crippen LogP contribution in [0.25, 0.3) is 11.0 Å². The average molecular weight is 237 g/mol. The Bertz CT molecular complexity index is 459. The zero-order valence-electron chi connectivity index (χ0n) is 9.63. The molecule has 2 heteroatoms. The lowest BCUT2D eigenvalue weighted by Crippen LogP contribution is -1.83. The largest absolute Gasteiger partial charge is 0.462 e. The molecule has 0 atom stereocenters. The first-order valence-corrected chi connectivity index (χ1v) is 6.35. The van der Waals surface area contributed by atoms with Crippen molar-refractivity contribution in [2.24, 2.45) is 0 Å². The van der Waals surface area contributed by atoms with E-state index in [0.717, 1.165) is 12.0 Å². The second kappa shape index (κ2) is 5.40. The van der Waals surface area contributed by atoms with Gasteiger partial charge in [-0.25, -0.2) is 0 Å². The molecule has 0 unspecified atom stereocenters. The Labute approximate surface area is 101 Å². The van der Waals surface area contributed by atoms with Gasteiger partial charge in [0.05, 0.1) is 11.3 Å². The highest BCUT2D eigenvalue weighted by Gasteiger charge is 2.07. The number of unbranched alkanes of at least 4 members (excludes halogenated alkanes) is 3. The van der Waals surface area contributed by atoms with E-state index in [1.54, 1.807) is 0 Å². The highest BCUT2D eigenvalue weighted by atomic mass is 35.5. The van der Waals surface area contributed by atoms with Gasteiger partial charge in [0.1, 0.15) is 0 Å². The summed E-state index contributed by atoms with van der Waals surface area (Å²) in [5, 5.41) is 1.88. The van der Waals surface area contributed by atoms with Gasteiger partial charge in [0, 0.05) is 5.39 Å². The van der Waals surface area contributed by atoms with Crippen LogP contribution in [0.15, 0.2) is 28.9 Å². The standard InChI is InChI=1S/C14H17ClO/c1-2-3-4-5-7-11-10-16-14-12(11)8-6-9-13(14)15/h6,8-10H,2-5,7H2,1H3. The van der Waals surface area contributed by atoms with E-state index in [-0.39, 0.29) is 0 Å². The van der Waals surface area contributed by atoms with Crippen LogP contribution in [0.3, 0.4) is 0 Å². The Morgan fingerprint density at radius 3 is 2.88 bits per heavy atom. The van der Waals surface area contributed by atoms with Crippen LogP contribution in [0.2, 0.25) is 5.02 Å². The zero-order chi connectivity index (χ0) is 11.4. The highest BCUT2D eigenvalue weighted by Crippen LogP contribution is 2.28. The molecule has 0 bridgehead atoms. The molecule has 0 fully saturated rings. The van der Waals surface area contributed by atoms with Crippen LogP contribution in [-0.2, 0) is 6.42 Å². The Kier molecular flexibility index (Phi) is 3.89. The molecule has 1 heterocycles. The van der Waals surface area contributed by atoms with Gasteiger partial charge in [0.15, 0.2) is 5.58 Å². The van der Waals surface area contributed by atoms with Crippen molar-refractivity contribution >= 4 is 22.6 Å². The Balaban J connectivity index is 2.10. The van der Waals surface area contributed by atoms with Gasteiger partial charge in [0.25, 0.3) is 0 Å². The third-order valence-electron chi connectivity index (χ3n) is 2.93. The number of aryl methyl sites for hydroxylation is 1. The molecule has 2 aromatic rings. The molecule has 0 spiro atoms. The van der Waals surface area contributed by atoms with Gasteiger partial charge < -0.3 is 4.42 Å². The van der Waals surface area contributed by atoms with Crippen LogP contribution in [0.5, 0.6) is 0 Å². The van der Waals surface area contributed by atoms with Crippen LogP contribution in [-0.4, -0.2) is 0 Å². The number of halogens is 1. The maximum atomic E-state index is 6.06. The third-order valence-corrected chi connectivity index (χ3v) is 3.23. The topological polar surface area (TPSA) is 13.1 Å². The number of para-hydroxylation sites is 1. The fourth-order valence-corrected chi connectivity index (χ4v) is 2.23. The number of rotatable bonds is 5. The van der Waals surface area contributed by atoms with Gasteiger partial charge >= 0.3 is 0 Å². The molecule has 0 aliphatic carbocycles. The maximum absolute atomic E-state index is 6.06. The van der Waals surface area contributed by atoms with Gasteiger partial charge in [-0.05, 0) is 24.5 Å². The van der Waals surface area contributed by atoms with Crippen LogP contribution in [0.1, 0.15) is 38.2 Å². The Morgan fingerprint density at radius 2 is 2.06 bits per heavy atom. The van der Waals surface area contributed by atoms with Crippen molar-refractivity contribution < 1.29 is 4.42 Å². The molecule has 2 rings (SSSR count). The van der Waals surface area contributed by atoms with Crippen molar-refractivity contribution in [3.63, 3.8) is 0 Å². The number of hydrogen-bond donors (Lipinski definition) is 0. The Hall–Kier alpha value is -0.950. The lowest BCUT2D eigenvalue weighted by molar-refractivity contribution is 0.604. The SMILES string of the molecule is CCCCCCc1coc2c(Cl)cccc12. The van der Waals surface area contributed by atoms with Gasteiger partial charge in [0.2, 0.25) is 0 Å². The van der Waals surface area contributed by atoms with E-state index >= 15 is 0 Å². The van der Waals surface area contributed by atoms with E-state index < -0.39 is 0 Å². The van der Waals surface area contributed by atoms with Crippen LogP contribution >= 0.6 is 11.6 Å². The summed E-state index contributed by atoms with van der Waals surface area (Å²) in [5.41, 5.74) is 2.11. The average Bonchev–Trinajstić information content (AvgIpc) is 2.70. The monoisotopic (exact) mass is 236 g/mol. The summed E-state index contributed by atoms with van der Waals surface area (Å²) >= 11 is 6.06. The zero-order valence-corrected chi connectivity index (χ0v) is 10.4. The molecular formula is C14H17ClO. The molecular weight excluding hydrogens is 220 g/mol. The molecule has 86 valence electrons. The minimum absolute atomic E-state index is 0.706. The van der Waals surface area contributed by atoms with E-state index in [1.165, 1.54) is 36.6 Å². The molecule has 0 radical (unpaired) electrons. The van der Waals surface area contributed by atoms with Crippen molar-refractivity contribution in [1.82, 2.24) is 0 Å². The van der Waals surface area contributed by atoms with E-state index in [9.17, 15) is 0 Å². The predicted molar refractivity (Wildman–Crippen MR) is 69.1 cm³/mol. The van der Waals surface area contributed by atoms with Crippen molar-refractivity contribution in [2.45, 2.75) is 39.0 Å². The molecule has 1 aromatic carbocycles. The van der Waals surface area contributed by atoms with Crippen molar-refractivity contribution in [3.05, 3.63) is 35.0 Å². The molecule has 1 nitrogen and oxygen atoms in total. The predicted octanol–water partition coefficient (Wildman–Crippen LogP) is 5.21. The minimum Gasteiger partial charge on any atom is -0.462 e. The van der Waals surface area contributed by atoms with E-state index in [0.29, 0.717) is 5.02 Å². The van der Waals surface area contributed by atoms with E-state index in [1.807, 2.05) is 18.4 Å². The number of fused-ring (bicyclic) bond motifs is 1. The maximum Gasteiger partial charge on any atom is 0.152 e. The summed E-state index contributed by atoms with van der Waals surface area (Å²) in [6.45, 7) is 2.23. The van der Waals surface area contributed by atoms with E-state index in [4.69, 9.17) is 16.0 Å². The van der Waals surface area contributed by atoms with Crippen molar-refractivity contribution in [1.29, 1.82) is 0 Å². The van der Waals surface area contributed by atoms with Gasteiger partial charge in [-0.15, -0.1) is 0 Å². The summed E-state index contributed by atoms with van der Waals surface area (Å²) in [6, 6.07) is 5.93. The quantitative estimate of drug-likeness (QED) is 0.650. The summed E-state index contributed by atoms with van der Waals surface area (Å²) < 4.78 is 5.50. The normalized spacial score (nSPS) is 11.1. The summed E-state index contributed by atoms with van der Waals surface area (Å²) in [6.07, 6.45) is 8.06. The fraction of sp³-hybridized carbons (Fsp3) is 0.429. The smallest absolute Gasteiger partial charge is 0.152 e. The first kappa shape index (κ1) is 11.5. The second-order valence-corrected chi connectivity index (χ2v) is 4.60. The molecule has 16 heavy (non-hydrogen) atoms. The van der Waals surface area contributed by atoms with Crippen molar-refractivity contribution in [2.75, 3.05) is 0 Å². The first-order valence-electron chi connectivity index (χ1n) is 5.97. The molecule has 0 aliphatic rings. The molecule has 0 N–H and O–H groups in total. The lowest BCUT2D eigenvalue weighted by atomic mass is 10.1. The van der Waals surface area contributed by atoms with Gasteiger partial charge in [-0.2, -0.15) is 0 Å². The van der Waals surface area contributed by atoms with E-state index in [2.05, 4.69) is 13.0 Å². The first-order chi connectivity index (χ1) is 7.83. The van der Waals surface area contributed by atoms with Crippen LogP contribution in [0.4, 0.5) is 0 Å². The Morgan fingerprint density at radius 1 is 1.19 bits per heavy atom. The number of furan rings is 1.